The Morgan fingerprint density at radius 1 is 0.926 bits per heavy atom. The van der Waals surface area contributed by atoms with Crippen LogP contribution in [0.3, 0.4) is 0 Å². The normalized spacial score (nSPS) is 11.1. The van der Waals surface area contributed by atoms with Gasteiger partial charge < -0.3 is 9.72 Å². The van der Waals surface area contributed by atoms with Gasteiger partial charge >= 0.3 is 0 Å². The molecule has 0 fully saturated rings. The fraction of sp³-hybridized carbons (Fsp3) is 0.167. The highest BCUT2D eigenvalue weighted by Crippen LogP contribution is 2.42. The molecule has 1 N–H and O–H groups in total. The molecule has 2 nitrogen and oxygen atoms in total. The summed E-state index contributed by atoms with van der Waals surface area (Å²) >= 11 is 6.13. The molecular formula is C24H22ClNO. The first-order chi connectivity index (χ1) is 13.0. The number of benzene rings is 3. The van der Waals surface area contributed by atoms with Gasteiger partial charge in [-0.15, -0.1) is 0 Å². The fourth-order valence-corrected chi connectivity index (χ4v) is 3.70. The van der Waals surface area contributed by atoms with Gasteiger partial charge in [-0.1, -0.05) is 54.1 Å². The molecule has 0 aliphatic rings. The molecule has 3 heteroatoms. The molecule has 0 saturated carbocycles. The summed E-state index contributed by atoms with van der Waals surface area (Å²) in [6, 6.07) is 20.4. The molecule has 0 amide bonds. The Hall–Kier alpha value is -2.71. The van der Waals surface area contributed by atoms with Crippen LogP contribution in [0.2, 0.25) is 5.02 Å². The third-order valence-electron chi connectivity index (χ3n) is 5.08. The zero-order valence-corrected chi connectivity index (χ0v) is 16.5. The van der Waals surface area contributed by atoms with Crippen molar-refractivity contribution >= 4 is 22.5 Å². The molecule has 0 radical (unpaired) electrons. The molecule has 0 aliphatic heterocycles. The molecule has 0 bridgehead atoms. The van der Waals surface area contributed by atoms with E-state index in [2.05, 4.69) is 56.1 Å². The summed E-state index contributed by atoms with van der Waals surface area (Å²) in [4.78, 5) is 3.51. The van der Waals surface area contributed by atoms with E-state index in [0.717, 1.165) is 38.5 Å². The van der Waals surface area contributed by atoms with Crippen molar-refractivity contribution in [2.24, 2.45) is 0 Å². The maximum Gasteiger partial charge on any atom is 0.131 e. The minimum atomic E-state index is 0.538. The standard InChI is InChI=1S/C24H22ClNO/c1-15-13-21-22(16(2)17(3)26-21)23(19-9-11-20(25)12-10-19)24(15)27-14-18-7-5-4-6-8-18/h4-13,26H,14H2,1-3H3. The van der Waals surface area contributed by atoms with Crippen LogP contribution in [0.25, 0.3) is 22.0 Å². The molecule has 4 aromatic rings. The van der Waals surface area contributed by atoms with E-state index in [0.29, 0.717) is 6.61 Å². The van der Waals surface area contributed by atoms with Gasteiger partial charge in [0.05, 0.1) is 0 Å². The average molecular weight is 376 g/mol. The molecule has 27 heavy (non-hydrogen) atoms. The number of hydrogen-bond donors (Lipinski definition) is 1. The van der Waals surface area contributed by atoms with Gasteiger partial charge in [-0.25, -0.2) is 0 Å². The number of H-pyrrole nitrogens is 1. The fourth-order valence-electron chi connectivity index (χ4n) is 3.58. The lowest BCUT2D eigenvalue weighted by molar-refractivity contribution is 0.306. The highest BCUT2D eigenvalue weighted by atomic mass is 35.5. The number of hydrogen-bond acceptors (Lipinski definition) is 1. The third kappa shape index (κ3) is 3.33. The predicted octanol–water partition coefficient (Wildman–Crippen LogP) is 6.99. The van der Waals surface area contributed by atoms with Gasteiger partial charge in [0.25, 0.3) is 0 Å². The topological polar surface area (TPSA) is 25.0 Å². The number of ether oxygens (including phenoxy) is 1. The van der Waals surface area contributed by atoms with Crippen molar-refractivity contribution in [3.05, 3.63) is 88.1 Å². The maximum absolute atomic E-state index is 6.36. The number of nitrogens with one attached hydrogen (secondary N) is 1. The summed E-state index contributed by atoms with van der Waals surface area (Å²) in [5, 5.41) is 1.94. The quantitative estimate of drug-likeness (QED) is 0.408. The van der Waals surface area contributed by atoms with Gasteiger partial charge in [0.2, 0.25) is 0 Å². The lowest BCUT2D eigenvalue weighted by Crippen LogP contribution is -2.00. The second-order valence-corrected chi connectivity index (χ2v) is 7.41. The molecule has 0 aliphatic carbocycles. The Balaban J connectivity index is 1.91. The molecule has 3 aromatic carbocycles. The zero-order valence-electron chi connectivity index (χ0n) is 15.8. The summed E-state index contributed by atoms with van der Waals surface area (Å²) in [5.41, 5.74) is 8.07. The summed E-state index contributed by atoms with van der Waals surface area (Å²) in [7, 11) is 0. The first kappa shape index (κ1) is 17.7. The minimum Gasteiger partial charge on any atom is -0.488 e. The van der Waals surface area contributed by atoms with E-state index in [1.165, 1.54) is 16.6 Å². The van der Waals surface area contributed by atoms with E-state index < -0.39 is 0 Å². The zero-order chi connectivity index (χ0) is 19.0. The highest BCUT2D eigenvalue weighted by molar-refractivity contribution is 6.30. The monoisotopic (exact) mass is 375 g/mol. The molecular weight excluding hydrogens is 354 g/mol. The summed E-state index contributed by atoms with van der Waals surface area (Å²) in [6.07, 6.45) is 0. The second-order valence-electron chi connectivity index (χ2n) is 6.98. The van der Waals surface area contributed by atoms with E-state index in [9.17, 15) is 0 Å². The largest absolute Gasteiger partial charge is 0.488 e. The van der Waals surface area contributed by atoms with Crippen molar-refractivity contribution < 1.29 is 4.74 Å². The molecule has 0 spiro atoms. The van der Waals surface area contributed by atoms with E-state index in [1.807, 2.05) is 30.3 Å². The first-order valence-corrected chi connectivity index (χ1v) is 9.47. The Kier molecular flexibility index (Phi) is 4.67. The number of rotatable bonds is 4. The van der Waals surface area contributed by atoms with Crippen LogP contribution in [0.15, 0.2) is 60.7 Å². The SMILES string of the molecule is Cc1cc2[nH]c(C)c(C)c2c(-c2ccc(Cl)cc2)c1OCc1ccccc1. The van der Waals surface area contributed by atoms with Gasteiger partial charge in [-0.2, -0.15) is 0 Å². The lowest BCUT2D eigenvalue weighted by atomic mass is 9.95. The molecule has 4 rings (SSSR count). The number of aromatic amines is 1. The third-order valence-corrected chi connectivity index (χ3v) is 5.34. The molecule has 1 aromatic heterocycles. The number of aryl methyl sites for hydroxylation is 3. The Bertz CT molecular complexity index is 1100. The second kappa shape index (κ2) is 7.13. The van der Waals surface area contributed by atoms with Crippen molar-refractivity contribution in [3.63, 3.8) is 0 Å². The van der Waals surface area contributed by atoms with Crippen LogP contribution in [0.1, 0.15) is 22.4 Å². The molecule has 1 heterocycles. The Labute approximate surface area is 164 Å². The first-order valence-electron chi connectivity index (χ1n) is 9.09. The van der Waals surface area contributed by atoms with Crippen LogP contribution >= 0.6 is 11.6 Å². The average Bonchev–Trinajstić information content (AvgIpc) is 2.95. The number of aromatic nitrogens is 1. The van der Waals surface area contributed by atoms with Crippen molar-refractivity contribution in [1.82, 2.24) is 4.98 Å². The van der Waals surface area contributed by atoms with E-state index in [-0.39, 0.29) is 0 Å². The van der Waals surface area contributed by atoms with Crippen molar-refractivity contribution in [1.29, 1.82) is 0 Å². The summed E-state index contributed by atoms with van der Waals surface area (Å²) < 4.78 is 6.36. The molecule has 0 saturated heterocycles. The minimum absolute atomic E-state index is 0.538. The van der Waals surface area contributed by atoms with E-state index >= 15 is 0 Å². The number of fused-ring (bicyclic) bond motifs is 1. The van der Waals surface area contributed by atoms with Crippen LogP contribution in [0.5, 0.6) is 5.75 Å². The molecule has 0 unspecified atom stereocenters. The van der Waals surface area contributed by atoms with Crippen molar-refractivity contribution in [2.75, 3.05) is 0 Å². The lowest BCUT2D eigenvalue weighted by Gasteiger charge is -2.17. The van der Waals surface area contributed by atoms with Crippen LogP contribution in [-0.2, 0) is 6.61 Å². The molecule has 136 valence electrons. The van der Waals surface area contributed by atoms with Gasteiger partial charge in [0, 0.05) is 27.2 Å². The van der Waals surface area contributed by atoms with Gasteiger partial charge in [0.1, 0.15) is 12.4 Å². The van der Waals surface area contributed by atoms with E-state index in [1.54, 1.807) is 0 Å². The van der Waals surface area contributed by atoms with Crippen LogP contribution in [0, 0.1) is 20.8 Å². The molecule has 0 atom stereocenters. The number of halogens is 1. The van der Waals surface area contributed by atoms with Crippen LogP contribution < -0.4 is 4.74 Å². The van der Waals surface area contributed by atoms with Crippen molar-refractivity contribution in [3.8, 4) is 16.9 Å². The Morgan fingerprint density at radius 3 is 2.33 bits per heavy atom. The predicted molar refractivity (Wildman–Crippen MR) is 114 cm³/mol. The van der Waals surface area contributed by atoms with Crippen molar-refractivity contribution in [2.45, 2.75) is 27.4 Å². The van der Waals surface area contributed by atoms with Crippen LogP contribution in [0.4, 0.5) is 0 Å². The smallest absolute Gasteiger partial charge is 0.131 e. The van der Waals surface area contributed by atoms with Gasteiger partial charge in [-0.05, 0) is 61.2 Å². The summed E-state index contributed by atoms with van der Waals surface area (Å²) in [6.45, 7) is 6.91. The van der Waals surface area contributed by atoms with Gasteiger partial charge in [0.15, 0.2) is 0 Å². The van der Waals surface area contributed by atoms with E-state index in [4.69, 9.17) is 16.3 Å². The highest BCUT2D eigenvalue weighted by Gasteiger charge is 2.19. The maximum atomic E-state index is 6.36. The Morgan fingerprint density at radius 2 is 1.63 bits per heavy atom. The van der Waals surface area contributed by atoms with Gasteiger partial charge in [-0.3, -0.25) is 0 Å². The van der Waals surface area contributed by atoms with Crippen LogP contribution in [-0.4, -0.2) is 4.98 Å². The summed E-state index contributed by atoms with van der Waals surface area (Å²) in [5.74, 6) is 0.927.